The first-order valence-electron chi connectivity index (χ1n) is 19.9. The van der Waals surface area contributed by atoms with Crippen molar-refractivity contribution in [3.63, 3.8) is 0 Å². The second-order valence-corrected chi connectivity index (χ2v) is 15.0. The van der Waals surface area contributed by atoms with Crippen LogP contribution in [0.2, 0.25) is 0 Å². The van der Waals surface area contributed by atoms with E-state index in [-0.39, 0.29) is 0 Å². The van der Waals surface area contributed by atoms with Crippen LogP contribution < -0.4 is 4.90 Å². The Balaban J connectivity index is 0.969. The van der Waals surface area contributed by atoms with Gasteiger partial charge in [0.1, 0.15) is 0 Å². The highest BCUT2D eigenvalue weighted by molar-refractivity contribution is 6.18. The van der Waals surface area contributed by atoms with Crippen LogP contribution in [0.4, 0.5) is 17.1 Å². The van der Waals surface area contributed by atoms with E-state index in [0.717, 1.165) is 22.7 Å². The molecule has 0 fully saturated rings. The lowest BCUT2D eigenvalue weighted by Crippen LogP contribution is -2.10. The predicted molar refractivity (Wildman–Crippen MR) is 247 cm³/mol. The number of benzene rings is 10. The van der Waals surface area contributed by atoms with E-state index >= 15 is 0 Å². The van der Waals surface area contributed by atoms with E-state index in [9.17, 15) is 0 Å². The Morgan fingerprint density at radius 2 is 0.828 bits per heavy atom. The molecule has 58 heavy (non-hydrogen) atoms. The summed E-state index contributed by atoms with van der Waals surface area (Å²) >= 11 is 0. The minimum Gasteiger partial charge on any atom is -0.310 e. The van der Waals surface area contributed by atoms with Gasteiger partial charge in [-0.15, -0.1) is 0 Å². The predicted octanol–water partition coefficient (Wildman–Crippen LogP) is 15.6. The number of rotatable bonds is 7. The van der Waals surface area contributed by atoms with Gasteiger partial charge in [-0.2, -0.15) is 0 Å². The summed E-state index contributed by atoms with van der Waals surface area (Å²) in [7, 11) is 0. The van der Waals surface area contributed by atoms with Gasteiger partial charge in [0.25, 0.3) is 0 Å². The molecule has 0 amide bonds. The Labute approximate surface area is 338 Å². The van der Waals surface area contributed by atoms with Gasteiger partial charge in [0.15, 0.2) is 0 Å². The number of nitrogens with zero attached hydrogens (tertiary/aromatic N) is 2. The van der Waals surface area contributed by atoms with Gasteiger partial charge in [-0.05, 0) is 104 Å². The zero-order chi connectivity index (χ0) is 38.4. The second kappa shape index (κ2) is 14.1. The van der Waals surface area contributed by atoms with E-state index in [4.69, 9.17) is 0 Å². The molecule has 11 rings (SSSR count). The smallest absolute Gasteiger partial charge is 0.0619 e. The van der Waals surface area contributed by atoms with Gasteiger partial charge in [-0.25, -0.2) is 0 Å². The Bertz CT molecular complexity index is 3240. The van der Waals surface area contributed by atoms with E-state index in [1.807, 2.05) is 0 Å². The highest BCUT2D eigenvalue weighted by Gasteiger charge is 2.17. The average molecular weight is 739 g/mol. The first kappa shape index (κ1) is 33.6. The second-order valence-electron chi connectivity index (χ2n) is 15.0. The fraction of sp³-hybridized carbons (Fsp3) is 0. The molecule has 10 aromatic carbocycles. The van der Waals surface area contributed by atoms with Crippen LogP contribution in [0, 0.1) is 0 Å². The van der Waals surface area contributed by atoms with E-state index in [0.29, 0.717) is 0 Å². The minimum absolute atomic E-state index is 1.10. The number of hydrogen-bond donors (Lipinski definition) is 0. The lowest BCUT2D eigenvalue weighted by Gasteiger charge is -2.26. The van der Waals surface area contributed by atoms with Crippen molar-refractivity contribution >= 4 is 60.4 Å². The lowest BCUT2D eigenvalue weighted by atomic mass is 9.98. The summed E-state index contributed by atoms with van der Waals surface area (Å²) in [5, 5.41) is 7.56. The van der Waals surface area contributed by atoms with Crippen LogP contribution in [0.25, 0.3) is 82.4 Å². The molecule has 0 aliphatic rings. The molecule has 0 saturated carbocycles. The van der Waals surface area contributed by atoms with E-state index < -0.39 is 0 Å². The minimum atomic E-state index is 1.10. The third kappa shape index (κ3) is 5.82. The van der Waals surface area contributed by atoms with Crippen molar-refractivity contribution in [3.8, 4) is 39.1 Å². The maximum absolute atomic E-state index is 2.42. The molecule has 2 nitrogen and oxygen atoms in total. The van der Waals surface area contributed by atoms with Crippen LogP contribution >= 0.6 is 0 Å². The first-order chi connectivity index (χ1) is 28.8. The normalized spacial score (nSPS) is 11.4. The maximum Gasteiger partial charge on any atom is 0.0619 e. The number of para-hydroxylation sites is 1. The number of aromatic nitrogens is 1. The highest BCUT2D eigenvalue weighted by atomic mass is 15.1. The summed E-state index contributed by atoms with van der Waals surface area (Å²) in [6.07, 6.45) is 0. The monoisotopic (exact) mass is 738 g/mol. The summed E-state index contributed by atoms with van der Waals surface area (Å²) in [6, 6.07) is 83.6. The molecule has 0 bridgehead atoms. The van der Waals surface area contributed by atoms with Crippen LogP contribution in [0.1, 0.15) is 0 Å². The third-order valence-electron chi connectivity index (χ3n) is 11.6. The van der Waals surface area contributed by atoms with E-state index in [1.54, 1.807) is 0 Å². The molecule has 0 atom stereocenters. The third-order valence-corrected chi connectivity index (χ3v) is 11.6. The van der Waals surface area contributed by atoms with Crippen LogP contribution in [0.15, 0.2) is 231 Å². The standard InChI is InChI=1S/C56H38N2/c1-2-12-39(13-3-1)45-17-10-18-49(38-45)57(47-35-28-44(29-36-47)51-22-11-16-42-14-4-6-19-50(42)51)46-31-24-40(25-32-46)41-26-33-48(34-27-41)58-55-23-9-8-21-53(55)54-37-30-43-15-5-7-20-52(43)56(54)58/h1-38H. The van der Waals surface area contributed by atoms with Crippen molar-refractivity contribution in [2.75, 3.05) is 4.90 Å². The molecule has 0 aliphatic heterocycles. The summed E-state index contributed by atoms with van der Waals surface area (Å²) in [4.78, 5) is 2.36. The zero-order valence-electron chi connectivity index (χ0n) is 31.8. The highest BCUT2D eigenvalue weighted by Crippen LogP contribution is 2.40. The van der Waals surface area contributed by atoms with Crippen molar-refractivity contribution in [2.24, 2.45) is 0 Å². The summed E-state index contributed by atoms with van der Waals surface area (Å²) in [5.41, 5.74) is 14.1. The Morgan fingerprint density at radius 1 is 0.293 bits per heavy atom. The number of hydrogen-bond acceptors (Lipinski definition) is 1. The fourth-order valence-corrected chi connectivity index (χ4v) is 8.77. The Hall–Kier alpha value is -7.68. The summed E-state index contributed by atoms with van der Waals surface area (Å²) < 4.78 is 2.42. The van der Waals surface area contributed by atoms with Gasteiger partial charge in [0.05, 0.1) is 11.0 Å². The van der Waals surface area contributed by atoms with E-state index in [2.05, 4.69) is 240 Å². The van der Waals surface area contributed by atoms with Crippen LogP contribution in [-0.4, -0.2) is 4.57 Å². The summed E-state index contributed by atoms with van der Waals surface area (Å²) in [6.45, 7) is 0. The van der Waals surface area contributed by atoms with Crippen molar-refractivity contribution < 1.29 is 0 Å². The van der Waals surface area contributed by atoms with Crippen LogP contribution in [-0.2, 0) is 0 Å². The molecule has 0 aliphatic carbocycles. The Morgan fingerprint density at radius 3 is 1.57 bits per heavy atom. The molecule has 0 radical (unpaired) electrons. The molecule has 272 valence electrons. The van der Waals surface area contributed by atoms with Crippen molar-refractivity contribution in [1.29, 1.82) is 0 Å². The molecule has 0 spiro atoms. The van der Waals surface area contributed by atoms with E-state index in [1.165, 1.54) is 76.7 Å². The fourth-order valence-electron chi connectivity index (χ4n) is 8.77. The van der Waals surface area contributed by atoms with Gasteiger partial charge in [0, 0.05) is 38.9 Å². The van der Waals surface area contributed by atoms with Gasteiger partial charge < -0.3 is 9.47 Å². The number of fused-ring (bicyclic) bond motifs is 6. The largest absolute Gasteiger partial charge is 0.310 e. The quantitative estimate of drug-likeness (QED) is 0.158. The van der Waals surface area contributed by atoms with Crippen molar-refractivity contribution in [3.05, 3.63) is 231 Å². The number of anilines is 3. The maximum atomic E-state index is 2.42. The molecule has 11 aromatic rings. The molecule has 1 heterocycles. The molecule has 1 aromatic heterocycles. The van der Waals surface area contributed by atoms with Gasteiger partial charge in [-0.1, -0.05) is 176 Å². The molecular formula is C56H38N2. The molecule has 0 saturated heterocycles. The first-order valence-corrected chi connectivity index (χ1v) is 19.9. The van der Waals surface area contributed by atoms with Gasteiger partial charge in [0.2, 0.25) is 0 Å². The summed E-state index contributed by atoms with van der Waals surface area (Å²) in [5.74, 6) is 0. The zero-order valence-corrected chi connectivity index (χ0v) is 31.8. The topological polar surface area (TPSA) is 8.17 Å². The molecule has 0 N–H and O–H groups in total. The molecular weight excluding hydrogens is 701 g/mol. The Kier molecular flexibility index (Phi) is 8.19. The average Bonchev–Trinajstić information content (AvgIpc) is 3.65. The van der Waals surface area contributed by atoms with Crippen LogP contribution in [0.3, 0.4) is 0 Å². The van der Waals surface area contributed by atoms with Gasteiger partial charge >= 0.3 is 0 Å². The van der Waals surface area contributed by atoms with Crippen LogP contribution in [0.5, 0.6) is 0 Å². The van der Waals surface area contributed by atoms with Crippen molar-refractivity contribution in [1.82, 2.24) is 4.57 Å². The van der Waals surface area contributed by atoms with Crippen molar-refractivity contribution in [2.45, 2.75) is 0 Å². The van der Waals surface area contributed by atoms with Gasteiger partial charge in [-0.3, -0.25) is 0 Å². The molecule has 2 heteroatoms. The SMILES string of the molecule is c1ccc(-c2cccc(N(c3ccc(-c4ccc(-n5c6ccccc6c6ccc7ccccc7c65)cc4)cc3)c3ccc(-c4cccc5ccccc45)cc3)c2)cc1. The molecule has 0 unspecified atom stereocenters. The lowest BCUT2D eigenvalue weighted by molar-refractivity contribution is 1.19.